The number of hydrogen-bond donors (Lipinski definition) is 2. The summed E-state index contributed by atoms with van der Waals surface area (Å²) in [4.78, 5) is 10.5. The molecule has 0 bridgehead atoms. The molecule has 0 aliphatic rings. The SMILES string of the molecule is CCCC(CCO)CNc1ccccc1[N+](=O)[O-]. The zero-order valence-corrected chi connectivity index (χ0v) is 10.6. The Morgan fingerprint density at radius 3 is 2.72 bits per heavy atom. The number of aliphatic hydroxyl groups is 1. The van der Waals surface area contributed by atoms with Crippen LogP contribution in [0.25, 0.3) is 0 Å². The van der Waals surface area contributed by atoms with Gasteiger partial charge < -0.3 is 10.4 Å². The standard InChI is InChI=1S/C13H20N2O3/c1-2-5-11(8-9-16)10-14-12-6-3-4-7-13(12)15(17)18/h3-4,6-7,11,14,16H,2,5,8-10H2,1H3. The second-order valence-corrected chi connectivity index (χ2v) is 4.32. The minimum absolute atomic E-state index is 0.0942. The molecule has 1 aromatic carbocycles. The van der Waals surface area contributed by atoms with E-state index in [-0.39, 0.29) is 17.2 Å². The smallest absolute Gasteiger partial charge is 0.292 e. The third-order valence-electron chi connectivity index (χ3n) is 2.92. The van der Waals surface area contributed by atoms with Crippen molar-refractivity contribution in [2.75, 3.05) is 18.5 Å². The van der Waals surface area contributed by atoms with Crippen molar-refractivity contribution in [3.63, 3.8) is 0 Å². The lowest BCUT2D eigenvalue weighted by molar-refractivity contribution is -0.384. The molecule has 0 radical (unpaired) electrons. The number of benzene rings is 1. The van der Waals surface area contributed by atoms with Gasteiger partial charge in [0.25, 0.3) is 5.69 Å². The Morgan fingerprint density at radius 2 is 2.11 bits per heavy atom. The van der Waals surface area contributed by atoms with E-state index in [1.807, 2.05) is 0 Å². The Hall–Kier alpha value is -1.62. The third kappa shape index (κ3) is 4.33. The molecule has 18 heavy (non-hydrogen) atoms. The van der Waals surface area contributed by atoms with Gasteiger partial charge in [0, 0.05) is 19.2 Å². The van der Waals surface area contributed by atoms with Crippen molar-refractivity contribution < 1.29 is 10.0 Å². The van der Waals surface area contributed by atoms with Gasteiger partial charge in [-0.2, -0.15) is 0 Å². The quantitative estimate of drug-likeness (QED) is 0.551. The van der Waals surface area contributed by atoms with Gasteiger partial charge in [-0.1, -0.05) is 25.5 Å². The van der Waals surface area contributed by atoms with Crippen molar-refractivity contribution in [2.24, 2.45) is 5.92 Å². The molecule has 0 aromatic heterocycles. The topological polar surface area (TPSA) is 75.4 Å². The van der Waals surface area contributed by atoms with Crippen LogP contribution in [0.5, 0.6) is 0 Å². The fraction of sp³-hybridized carbons (Fsp3) is 0.538. The summed E-state index contributed by atoms with van der Waals surface area (Å²) in [6.07, 6.45) is 2.78. The second-order valence-electron chi connectivity index (χ2n) is 4.32. The molecule has 0 spiro atoms. The summed E-state index contributed by atoms with van der Waals surface area (Å²) >= 11 is 0. The molecule has 100 valence electrons. The monoisotopic (exact) mass is 252 g/mol. The summed E-state index contributed by atoms with van der Waals surface area (Å²) in [6.45, 7) is 2.90. The predicted octanol–water partition coefficient (Wildman–Crippen LogP) is 2.81. The van der Waals surface area contributed by atoms with Gasteiger partial charge in [0.05, 0.1) is 4.92 Å². The van der Waals surface area contributed by atoms with Crippen molar-refractivity contribution in [3.05, 3.63) is 34.4 Å². The van der Waals surface area contributed by atoms with Crippen molar-refractivity contribution in [1.29, 1.82) is 0 Å². The highest BCUT2D eigenvalue weighted by Gasteiger charge is 2.13. The first-order valence-electron chi connectivity index (χ1n) is 6.27. The van der Waals surface area contributed by atoms with Crippen LogP contribution in [0.1, 0.15) is 26.2 Å². The number of aliphatic hydroxyl groups excluding tert-OH is 1. The highest BCUT2D eigenvalue weighted by Crippen LogP contribution is 2.24. The summed E-state index contributed by atoms with van der Waals surface area (Å²) < 4.78 is 0. The molecule has 1 unspecified atom stereocenters. The lowest BCUT2D eigenvalue weighted by Crippen LogP contribution is -2.16. The molecule has 0 saturated carbocycles. The Bertz CT molecular complexity index is 376. The first kappa shape index (κ1) is 14.4. The minimum atomic E-state index is -0.386. The van der Waals surface area contributed by atoms with Gasteiger partial charge in [0.2, 0.25) is 0 Å². The molecule has 1 rings (SSSR count). The van der Waals surface area contributed by atoms with Gasteiger partial charge in [-0.15, -0.1) is 0 Å². The molecule has 2 N–H and O–H groups in total. The molecular formula is C13H20N2O3. The molecule has 0 amide bonds. The van der Waals surface area contributed by atoms with Gasteiger partial charge >= 0.3 is 0 Å². The van der Waals surface area contributed by atoms with Crippen LogP contribution < -0.4 is 5.32 Å². The van der Waals surface area contributed by atoms with E-state index < -0.39 is 0 Å². The average Bonchev–Trinajstić information content (AvgIpc) is 2.36. The van der Waals surface area contributed by atoms with Crippen LogP contribution in [0.3, 0.4) is 0 Å². The van der Waals surface area contributed by atoms with Gasteiger partial charge in [0.1, 0.15) is 5.69 Å². The van der Waals surface area contributed by atoms with Crippen LogP contribution in [0.15, 0.2) is 24.3 Å². The summed E-state index contributed by atoms with van der Waals surface area (Å²) in [7, 11) is 0. The minimum Gasteiger partial charge on any atom is -0.396 e. The Balaban J connectivity index is 2.63. The van der Waals surface area contributed by atoms with E-state index in [1.165, 1.54) is 6.07 Å². The van der Waals surface area contributed by atoms with E-state index in [0.717, 1.165) is 19.3 Å². The lowest BCUT2D eigenvalue weighted by Gasteiger charge is -2.16. The summed E-state index contributed by atoms with van der Waals surface area (Å²) in [5, 5.41) is 22.9. The maximum atomic E-state index is 10.8. The molecule has 5 heteroatoms. The van der Waals surface area contributed by atoms with E-state index in [4.69, 9.17) is 5.11 Å². The maximum Gasteiger partial charge on any atom is 0.292 e. The molecule has 0 aliphatic carbocycles. The third-order valence-corrected chi connectivity index (χ3v) is 2.92. The van der Waals surface area contributed by atoms with E-state index in [2.05, 4.69) is 12.2 Å². The summed E-state index contributed by atoms with van der Waals surface area (Å²) in [5.41, 5.74) is 0.637. The first-order chi connectivity index (χ1) is 8.69. The largest absolute Gasteiger partial charge is 0.396 e. The molecule has 0 fully saturated rings. The van der Waals surface area contributed by atoms with Crippen LogP contribution in [0.4, 0.5) is 11.4 Å². The zero-order valence-electron chi connectivity index (χ0n) is 10.6. The van der Waals surface area contributed by atoms with Crippen molar-refractivity contribution in [1.82, 2.24) is 0 Å². The van der Waals surface area contributed by atoms with Gasteiger partial charge in [0.15, 0.2) is 0 Å². The molecule has 1 aromatic rings. The van der Waals surface area contributed by atoms with Crippen LogP contribution in [0.2, 0.25) is 0 Å². The molecule has 5 nitrogen and oxygen atoms in total. The number of anilines is 1. The summed E-state index contributed by atoms with van der Waals surface area (Å²) in [5.74, 6) is 0.347. The van der Waals surface area contributed by atoms with E-state index in [1.54, 1.807) is 18.2 Å². The molecule has 1 atom stereocenters. The average molecular weight is 252 g/mol. The molecule has 0 saturated heterocycles. The maximum absolute atomic E-state index is 10.8. The number of nitro groups is 1. The number of hydrogen-bond acceptors (Lipinski definition) is 4. The highest BCUT2D eigenvalue weighted by atomic mass is 16.6. The van der Waals surface area contributed by atoms with Crippen LogP contribution in [-0.4, -0.2) is 23.2 Å². The number of nitro benzene ring substituents is 1. The molecular weight excluding hydrogens is 232 g/mol. The molecule has 0 aliphatic heterocycles. The summed E-state index contributed by atoms with van der Waals surface area (Å²) in [6, 6.07) is 6.63. The molecule has 0 heterocycles. The number of para-hydroxylation sites is 2. The van der Waals surface area contributed by atoms with E-state index >= 15 is 0 Å². The van der Waals surface area contributed by atoms with Crippen molar-refractivity contribution >= 4 is 11.4 Å². The lowest BCUT2D eigenvalue weighted by atomic mass is 10.00. The van der Waals surface area contributed by atoms with Gasteiger partial charge in [-0.25, -0.2) is 0 Å². The number of nitrogens with zero attached hydrogens (tertiary/aromatic N) is 1. The van der Waals surface area contributed by atoms with Crippen LogP contribution in [0, 0.1) is 16.0 Å². The van der Waals surface area contributed by atoms with Crippen LogP contribution >= 0.6 is 0 Å². The Morgan fingerprint density at radius 1 is 1.39 bits per heavy atom. The zero-order chi connectivity index (χ0) is 13.4. The Labute approximate surface area is 107 Å². The highest BCUT2D eigenvalue weighted by molar-refractivity contribution is 5.61. The first-order valence-corrected chi connectivity index (χ1v) is 6.27. The normalized spacial score (nSPS) is 12.1. The Kier molecular flexibility index (Phi) is 6.14. The predicted molar refractivity (Wildman–Crippen MR) is 71.7 cm³/mol. The number of rotatable bonds is 8. The van der Waals surface area contributed by atoms with Crippen molar-refractivity contribution in [2.45, 2.75) is 26.2 Å². The fourth-order valence-corrected chi connectivity index (χ4v) is 1.98. The van der Waals surface area contributed by atoms with Crippen molar-refractivity contribution in [3.8, 4) is 0 Å². The second kappa shape index (κ2) is 7.66. The fourth-order valence-electron chi connectivity index (χ4n) is 1.98. The van der Waals surface area contributed by atoms with Gasteiger partial charge in [-0.3, -0.25) is 10.1 Å². The van der Waals surface area contributed by atoms with E-state index in [9.17, 15) is 10.1 Å². The van der Waals surface area contributed by atoms with Crippen LogP contribution in [-0.2, 0) is 0 Å². The number of nitrogens with one attached hydrogen (secondary N) is 1. The van der Waals surface area contributed by atoms with E-state index in [0.29, 0.717) is 18.2 Å². The van der Waals surface area contributed by atoms with Gasteiger partial charge in [-0.05, 0) is 24.8 Å².